The zero-order valence-electron chi connectivity index (χ0n) is 13.8. The van der Waals surface area contributed by atoms with Crippen molar-refractivity contribution in [1.82, 2.24) is 10.2 Å². The monoisotopic (exact) mass is 312 g/mol. The second-order valence-corrected chi connectivity index (χ2v) is 5.87. The first-order valence-electron chi connectivity index (χ1n) is 8.03. The quantitative estimate of drug-likeness (QED) is 0.852. The molecule has 4 nitrogen and oxygen atoms in total. The molecule has 0 aromatic heterocycles. The van der Waals surface area contributed by atoms with Crippen molar-refractivity contribution in [2.45, 2.75) is 19.6 Å². The summed E-state index contributed by atoms with van der Waals surface area (Å²) in [6.45, 7) is 4.58. The number of hydrogen-bond donors (Lipinski definition) is 1. The second-order valence-electron chi connectivity index (χ2n) is 5.87. The molecule has 0 unspecified atom stereocenters. The van der Waals surface area contributed by atoms with Crippen molar-refractivity contribution in [1.29, 1.82) is 0 Å². The number of ether oxygens (including phenoxy) is 2. The summed E-state index contributed by atoms with van der Waals surface area (Å²) in [6, 6.07) is 14.5. The van der Waals surface area contributed by atoms with E-state index in [0.717, 1.165) is 37.7 Å². The van der Waals surface area contributed by atoms with Gasteiger partial charge in [0.05, 0.1) is 7.11 Å². The predicted octanol–water partition coefficient (Wildman–Crippen LogP) is 2.81. The normalized spacial score (nSPS) is 13.8. The summed E-state index contributed by atoms with van der Waals surface area (Å²) in [5.41, 5.74) is 4.24. The molecule has 0 amide bonds. The van der Waals surface area contributed by atoms with Crippen molar-refractivity contribution in [3.63, 3.8) is 0 Å². The van der Waals surface area contributed by atoms with Crippen LogP contribution in [0.25, 0.3) is 0 Å². The maximum Gasteiger partial charge on any atom is 0.119 e. The molecule has 0 spiro atoms. The third-order valence-electron chi connectivity index (χ3n) is 4.18. The minimum absolute atomic E-state index is 0.698. The molecule has 0 fully saturated rings. The van der Waals surface area contributed by atoms with Crippen molar-refractivity contribution in [2.24, 2.45) is 0 Å². The fourth-order valence-electron chi connectivity index (χ4n) is 2.96. The SMILES string of the molecule is CNCc1ccc2c(c1)CN(CCOc1ccc(OC)cc1)C2. The third-order valence-corrected chi connectivity index (χ3v) is 4.18. The topological polar surface area (TPSA) is 33.7 Å². The highest BCUT2D eigenvalue weighted by Gasteiger charge is 2.18. The highest BCUT2D eigenvalue weighted by atomic mass is 16.5. The summed E-state index contributed by atoms with van der Waals surface area (Å²) in [7, 11) is 3.65. The van der Waals surface area contributed by atoms with Crippen LogP contribution in [-0.2, 0) is 19.6 Å². The van der Waals surface area contributed by atoms with Gasteiger partial charge in [-0.1, -0.05) is 18.2 Å². The lowest BCUT2D eigenvalue weighted by Crippen LogP contribution is -2.22. The summed E-state index contributed by atoms with van der Waals surface area (Å²) in [5.74, 6) is 1.74. The molecular weight excluding hydrogens is 288 g/mol. The molecule has 122 valence electrons. The van der Waals surface area contributed by atoms with Gasteiger partial charge in [-0.05, 0) is 48.0 Å². The van der Waals surface area contributed by atoms with Gasteiger partial charge in [-0.3, -0.25) is 4.90 Å². The number of hydrogen-bond acceptors (Lipinski definition) is 4. The minimum atomic E-state index is 0.698. The maximum atomic E-state index is 5.82. The van der Waals surface area contributed by atoms with Gasteiger partial charge < -0.3 is 14.8 Å². The molecule has 4 heteroatoms. The molecule has 0 atom stereocenters. The van der Waals surface area contributed by atoms with E-state index in [-0.39, 0.29) is 0 Å². The second kappa shape index (κ2) is 7.49. The summed E-state index contributed by atoms with van der Waals surface area (Å²) < 4.78 is 11.0. The molecule has 0 aliphatic carbocycles. The lowest BCUT2D eigenvalue weighted by Gasteiger charge is -2.15. The van der Waals surface area contributed by atoms with Crippen LogP contribution in [0.15, 0.2) is 42.5 Å². The van der Waals surface area contributed by atoms with Crippen molar-refractivity contribution in [2.75, 3.05) is 27.3 Å². The first-order chi connectivity index (χ1) is 11.3. The summed E-state index contributed by atoms with van der Waals surface area (Å²) in [4.78, 5) is 2.43. The van der Waals surface area contributed by atoms with Gasteiger partial charge in [0.15, 0.2) is 0 Å². The average Bonchev–Trinajstić information content (AvgIpc) is 2.98. The standard InChI is InChI=1S/C19H24N2O2/c1-20-12-15-3-4-16-13-21(14-17(16)11-15)9-10-23-19-7-5-18(22-2)6-8-19/h3-8,11,20H,9-10,12-14H2,1-2H3. The van der Waals surface area contributed by atoms with E-state index in [2.05, 4.69) is 28.4 Å². The molecule has 0 radical (unpaired) electrons. The molecule has 0 bridgehead atoms. The molecule has 3 rings (SSSR count). The Balaban J connectivity index is 1.48. The van der Waals surface area contributed by atoms with Gasteiger partial charge in [-0.2, -0.15) is 0 Å². The van der Waals surface area contributed by atoms with Crippen LogP contribution in [0.4, 0.5) is 0 Å². The number of methoxy groups -OCH3 is 1. The minimum Gasteiger partial charge on any atom is -0.497 e. The van der Waals surface area contributed by atoms with Gasteiger partial charge >= 0.3 is 0 Å². The Morgan fingerprint density at radius 3 is 2.48 bits per heavy atom. The van der Waals surface area contributed by atoms with Crippen LogP contribution in [0.1, 0.15) is 16.7 Å². The largest absolute Gasteiger partial charge is 0.497 e. The van der Waals surface area contributed by atoms with Crippen molar-refractivity contribution < 1.29 is 9.47 Å². The number of nitrogens with zero attached hydrogens (tertiary/aromatic N) is 1. The molecule has 1 heterocycles. The fraction of sp³-hybridized carbons (Fsp3) is 0.368. The number of benzene rings is 2. The summed E-state index contributed by atoms with van der Waals surface area (Å²) in [5, 5.41) is 3.20. The van der Waals surface area contributed by atoms with Gasteiger partial charge in [0.2, 0.25) is 0 Å². The average molecular weight is 312 g/mol. The predicted molar refractivity (Wildman–Crippen MR) is 91.8 cm³/mol. The lowest BCUT2D eigenvalue weighted by molar-refractivity contribution is 0.211. The van der Waals surface area contributed by atoms with Crippen LogP contribution in [0.2, 0.25) is 0 Å². The Labute approximate surface area is 138 Å². The van der Waals surface area contributed by atoms with Crippen molar-refractivity contribution in [3.05, 3.63) is 59.2 Å². The van der Waals surface area contributed by atoms with E-state index in [9.17, 15) is 0 Å². The molecule has 23 heavy (non-hydrogen) atoms. The Morgan fingerprint density at radius 2 is 1.74 bits per heavy atom. The molecule has 2 aromatic carbocycles. The Bertz CT molecular complexity index is 640. The van der Waals surface area contributed by atoms with E-state index < -0.39 is 0 Å². The van der Waals surface area contributed by atoms with Gasteiger partial charge in [0.25, 0.3) is 0 Å². The van der Waals surface area contributed by atoms with Crippen LogP contribution in [-0.4, -0.2) is 32.2 Å². The summed E-state index contributed by atoms with van der Waals surface area (Å²) >= 11 is 0. The van der Waals surface area contributed by atoms with Gasteiger partial charge in [0, 0.05) is 26.2 Å². The molecule has 1 aliphatic rings. The Morgan fingerprint density at radius 1 is 1.00 bits per heavy atom. The Kier molecular flexibility index (Phi) is 5.16. The first kappa shape index (κ1) is 15.8. The first-order valence-corrected chi connectivity index (χ1v) is 8.03. The van der Waals surface area contributed by atoms with Crippen LogP contribution in [0.5, 0.6) is 11.5 Å². The van der Waals surface area contributed by atoms with Crippen LogP contribution in [0.3, 0.4) is 0 Å². The molecule has 0 saturated carbocycles. The maximum absolute atomic E-state index is 5.82. The highest BCUT2D eigenvalue weighted by Crippen LogP contribution is 2.24. The zero-order chi connectivity index (χ0) is 16.1. The van der Waals surface area contributed by atoms with Crippen molar-refractivity contribution >= 4 is 0 Å². The molecular formula is C19H24N2O2. The van der Waals surface area contributed by atoms with Gasteiger partial charge in [-0.25, -0.2) is 0 Å². The van der Waals surface area contributed by atoms with E-state index in [1.54, 1.807) is 7.11 Å². The lowest BCUT2D eigenvalue weighted by atomic mass is 10.1. The van der Waals surface area contributed by atoms with E-state index in [1.807, 2.05) is 31.3 Å². The number of nitrogens with one attached hydrogen (secondary N) is 1. The van der Waals surface area contributed by atoms with Crippen LogP contribution in [0, 0.1) is 0 Å². The van der Waals surface area contributed by atoms with E-state index in [0.29, 0.717) is 6.61 Å². The van der Waals surface area contributed by atoms with Crippen LogP contribution < -0.4 is 14.8 Å². The van der Waals surface area contributed by atoms with Gasteiger partial charge in [-0.15, -0.1) is 0 Å². The zero-order valence-corrected chi connectivity index (χ0v) is 13.8. The Hall–Kier alpha value is -2.04. The number of rotatable bonds is 7. The molecule has 1 N–H and O–H groups in total. The van der Waals surface area contributed by atoms with E-state index in [4.69, 9.17) is 9.47 Å². The highest BCUT2D eigenvalue weighted by molar-refractivity contribution is 5.35. The third kappa shape index (κ3) is 4.03. The van der Waals surface area contributed by atoms with Crippen molar-refractivity contribution in [3.8, 4) is 11.5 Å². The molecule has 2 aromatic rings. The smallest absolute Gasteiger partial charge is 0.119 e. The van der Waals surface area contributed by atoms with E-state index in [1.165, 1.54) is 16.7 Å². The summed E-state index contributed by atoms with van der Waals surface area (Å²) in [6.07, 6.45) is 0. The molecule has 0 saturated heterocycles. The molecule has 1 aliphatic heterocycles. The van der Waals surface area contributed by atoms with Crippen LogP contribution >= 0.6 is 0 Å². The van der Waals surface area contributed by atoms with E-state index >= 15 is 0 Å². The number of fused-ring (bicyclic) bond motifs is 1. The fourth-order valence-corrected chi connectivity index (χ4v) is 2.96. The van der Waals surface area contributed by atoms with Gasteiger partial charge in [0.1, 0.15) is 18.1 Å².